The Hall–Kier alpha value is -1.09. The van der Waals surface area contributed by atoms with Crippen molar-refractivity contribution in [3.05, 3.63) is 29.6 Å². The molecule has 18 heavy (non-hydrogen) atoms. The predicted octanol–water partition coefficient (Wildman–Crippen LogP) is 3.10. The molecule has 1 fully saturated rings. The summed E-state index contributed by atoms with van der Waals surface area (Å²) in [6.45, 7) is 8.41. The van der Waals surface area contributed by atoms with Gasteiger partial charge < -0.3 is 10.2 Å². The molecule has 1 heterocycles. The molecule has 2 unspecified atom stereocenters. The van der Waals surface area contributed by atoms with Gasteiger partial charge in [0.25, 0.3) is 0 Å². The van der Waals surface area contributed by atoms with Crippen LogP contribution in [0.3, 0.4) is 0 Å². The molecule has 1 aromatic carbocycles. The summed E-state index contributed by atoms with van der Waals surface area (Å²) in [7, 11) is 0. The van der Waals surface area contributed by atoms with E-state index in [0.29, 0.717) is 12.1 Å². The van der Waals surface area contributed by atoms with Gasteiger partial charge in [-0.2, -0.15) is 0 Å². The van der Waals surface area contributed by atoms with Crippen molar-refractivity contribution in [1.29, 1.82) is 0 Å². The van der Waals surface area contributed by atoms with E-state index in [2.05, 4.69) is 31.0 Å². The molecule has 0 bridgehead atoms. The summed E-state index contributed by atoms with van der Waals surface area (Å²) in [6, 6.07) is 6.07. The zero-order valence-electron chi connectivity index (χ0n) is 11.5. The van der Waals surface area contributed by atoms with Crippen LogP contribution in [-0.4, -0.2) is 25.2 Å². The van der Waals surface area contributed by atoms with E-state index in [1.165, 1.54) is 0 Å². The Morgan fingerprint density at radius 2 is 2.11 bits per heavy atom. The van der Waals surface area contributed by atoms with E-state index >= 15 is 0 Å². The van der Waals surface area contributed by atoms with Crippen molar-refractivity contribution in [3.8, 4) is 0 Å². The summed E-state index contributed by atoms with van der Waals surface area (Å²) in [6.07, 6.45) is 2.20. The summed E-state index contributed by atoms with van der Waals surface area (Å²) < 4.78 is 13.5. The van der Waals surface area contributed by atoms with E-state index in [4.69, 9.17) is 0 Å². The molecule has 1 aromatic rings. The molecule has 1 aliphatic heterocycles. The lowest BCUT2D eigenvalue weighted by Gasteiger charge is -2.42. The Labute approximate surface area is 109 Å². The van der Waals surface area contributed by atoms with E-state index in [1.54, 1.807) is 12.1 Å². The third-order valence-corrected chi connectivity index (χ3v) is 3.94. The number of aryl methyl sites for hydroxylation is 1. The maximum atomic E-state index is 13.5. The van der Waals surface area contributed by atoms with Gasteiger partial charge in [0.15, 0.2) is 0 Å². The normalized spacial score (nSPS) is 24.3. The fraction of sp³-hybridized carbons (Fsp3) is 0.600. The van der Waals surface area contributed by atoms with Crippen LogP contribution in [0, 0.1) is 12.7 Å². The number of hydrogen-bond acceptors (Lipinski definition) is 2. The molecule has 3 heteroatoms. The van der Waals surface area contributed by atoms with E-state index in [-0.39, 0.29) is 5.82 Å². The standard InChI is InChI=1S/C15H23FN2/c1-4-13-10-18(14(5-2)9-17-13)15-8-12(16)7-6-11(15)3/h6-8,13-14,17H,4-5,9-10H2,1-3H3. The lowest BCUT2D eigenvalue weighted by atomic mass is 10.0. The van der Waals surface area contributed by atoms with Crippen molar-refractivity contribution in [2.75, 3.05) is 18.0 Å². The Morgan fingerprint density at radius 3 is 2.78 bits per heavy atom. The molecule has 0 aliphatic carbocycles. The highest BCUT2D eigenvalue weighted by Gasteiger charge is 2.26. The van der Waals surface area contributed by atoms with Gasteiger partial charge in [0, 0.05) is 30.9 Å². The summed E-state index contributed by atoms with van der Waals surface area (Å²) in [5, 5.41) is 3.57. The minimum atomic E-state index is -0.142. The van der Waals surface area contributed by atoms with Gasteiger partial charge in [-0.25, -0.2) is 4.39 Å². The molecule has 0 radical (unpaired) electrons. The first kappa shape index (κ1) is 13.3. The number of nitrogens with zero attached hydrogens (tertiary/aromatic N) is 1. The fourth-order valence-electron chi connectivity index (χ4n) is 2.69. The number of piperazine rings is 1. The Bertz CT molecular complexity index is 405. The predicted molar refractivity (Wildman–Crippen MR) is 74.6 cm³/mol. The van der Waals surface area contributed by atoms with Gasteiger partial charge in [-0.05, 0) is 37.5 Å². The molecule has 100 valence electrons. The highest BCUT2D eigenvalue weighted by molar-refractivity contribution is 5.54. The molecule has 1 N–H and O–H groups in total. The van der Waals surface area contributed by atoms with Gasteiger partial charge in [0.2, 0.25) is 0 Å². The smallest absolute Gasteiger partial charge is 0.125 e. The van der Waals surface area contributed by atoms with Gasteiger partial charge in [-0.15, -0.1) is 0 Å². The molecule has 2 rings (SSSR count). The van der Waals surface area contributed by atoms with Gasteiger partial charge in [-0.3, -0.25) is 0 Å². The second-order valence-electron chi connectivity index (χ2n) is 5.16. The van der Waals surface area contributed by atoms with Crippen molar-refractivity contribution in [3.63, 3.8) is 0 Å². The fourth-order valence-corrected chi connectivity index (χ4v) is 2.69. The molecule has 2 nitrogen and oxygen atoms in total. The first-order valence-corrected chi connectivity index (χ1v) is 6.91. The second kappa shape index (κ2) is 5.70. The zero-order chi connectivity index (χ0) is 13.1. The average molecular weight is 250 g/mol. The third-order valence-electron chi connectivity index (χ3n) is 3.94. The summed E-state index contributed by atoms with van der Waals surface area (Å²) in [4.78, 5) is 2.38. The number of benzene rings is 1. The molecule has 1 saturated heterocycles. The first-order valence-electron chi connectivity index (χ1n) is 6.91. The van der Waals surface area contributed by atoms with Crippen molar-refractivity contribution < 1.29 is 4.39 Å². The maximum Gasteiger partial charge on any atom is 0.125 e. The van der Waals surface area contributed by atoms with Crippen LogP contribution in [0.1, 0.15) is 32.3 Å². The summed E-state index contributed by atoms with van der Waals surface area (Å²) in [5.41, 5.74) is 2.22. The van der Waals surface area contributed by atoms with Crippen molar-refractivity contribution >= 4 is 5.69 Å². The topological polar surface area (TPSA) is 15.3 Å². The van der Waals surface area contributed by atoms with Crippen LogP contribution in [0.2, 0.25) is 0 Å². The number of halogens is 1. The van der Waals surface area contributed by atoms with Crippen molar-refractivity contribution in [1.82, 2.24) is 5.32 Å². The largest absolute Gasteiger partial charge is 0.365 e. The minimum Gasteiger partial charge on any atom is -0.365 e. The maximum absolute atomic E-state index is 13.5. The van der Waals surface area contributed by atoms with Crippen LogP contribution >= 0.6 is 0 Å². The molecule has 2 atom stereocenters. The van der Waals surface area contributed by atoms with Crippen LogP contribution in [0.25, 0.3) is 0 Å². The number of anilines is 1. The molecule has 0 spiro atoms. The first-order chi connectivity index (χ1) is 8.65. The quantitative estimate of drug-likeness (QED) is 0.886. The molecular weight excluding hydrogens is 227 g/mol. The minimum absolute atomic E-state index is 0.142. The highest BCUT2D eigenvalue weighted by atomic mass is 19.1. The SMILES string of the molecule is CCC1CN(c2cc(F)ccc2C)C(CC)CN1. The lowest BCUT2D eigenvalue weighted by Crippen LogP contribution is -2.56. The summed E-state index contributed by atoms with van der Waals surface area (Å²) >= 11 is 0. The molecule has 1 aliphatic rings. The van der Waals surface area contributed by atoms with Crippen LogP contribution in [0.5, 0.6) is 0 Å². The Balaban J connectivity index is 2.29. The zero-order valence-corrected chi connectivity index (χ0v) is 11.5. The Kier molecular flexibility index (Phi) is 4.23. The number of nitrogens with one attached hydrogen (secondary N) is 1. The lowest BCUT2D eigenvalue weighted by molar-refractivity contribution is 0.378. The van der Waals surface area contributed by atoms with Gasteiger partial charge >= 0.3 is 0 Å². The molecule has 0 amide bonds. The summed E-state index contributed by atoms with van der Waals surface area (Å²) in [5.74, 6) is -0.142. The van der Waals surface area contributed by atoms with E-state index < -0.39 is 0 Å². The van der Waals surface area contributed by atoms with Crippen molar-refractivity contribution in [2.45, 2.75) is 45.7 Å². The van der Waals surface area contributed by atoms with Crippen molar-refractivity contribution in [2.24, 2.45) is 0 Å². The third kappa shape index (κ3) is 2.66. The van der Waals surface area contributed by atoms with Gasteiger partial charge in [-0.1, -0.05) is 19.9 Å². The van der Waals surface area contributed by atoms with E-state index in [9.17, 15) is 4.39 Å². The molecule has 0 saturated carbocycles. The average Bonchev–Trinajstić information content (AvgIpc) is 2.40. The van der Waals surface area contributed by atoms with Gasteiger partial charge in [0.1, 0.15) is 5.82 Å². The molecular formula is C15H23FN2. The van der Waals surface area contributed by atoms with Gasteiger partial charge in [0.05, 0.1) is 0 Å². The second-order valence-corrected chi connectivity index (χ2v) is 5.16. The number of rotatable bonds is 3. The van der Waals surface area contributed by atoms with Crippen LogP contribution in [-0.2, 0) is 0 Å². The van der Waals surface area contributed by atoms with Crippen LogP contribution < -0.4 is 10.2 Å². The van der Waals surface area contributed by atoms with Crippen LogP contribution in [0.4, 0.5) is 10.1 Å². The number of hydrogen-bond donors (Lipinski definition) is 1. The molecule has 0 aromatic heterocycles. The van der Waals surface area contributed by atoms with Crippen LogP contribution in [0.15, 0.2) is 18.2 Å². The van der Waals surface area contributed by atoms with E-state index in [1.807, 2.05) is 6.07 Å². The van der Waals surface area contributed by atoms with E-state index in [0.717, 1.165) is 37.2 Å². The Morgan fingerprint density at radius 1 is 1.33 bits per heavy atom. The monoisotopic (exact) mass is 250 g/mol. The highest BCUT2D eigenvalue weighted by Crippen LogP contribution is 2.26.